The quantitative estimate of drug-likeness (QED) is 0.800. The van der Waals surface area contributed by atoms with Crippen LogP contribution in [-0.2, 0) is 10.8 Å². The molecule has 16 heavy (non-hydrogen) atoms. The van der Waals surface area contributed by atoms with E-state index in [-0.39, 0.29) is 0 Å². The smallest absolute Gasteiger partial charge is 0.0363 e. The number of hydrogen-bond acceptors (Lipinski definition) is 3. The predicted molar refractivity (Wildman–Crippen MR) is 69.2 cm³/mol. The van der Waals surface area contributed by atoms with Crippen LogP contribution in [0.2, 0.25) is 0 Å². The molecule has 0 aromatic rings. The molecule has 0 bridgehead atoms. The van der Waals surface area contributed by atoms with Crippen LogP contribution in [0.1, 0.15) is 32.6 Å². The van der Waals surface area contributed by atoms with Gasteiger partial charge in [-0.2, -0.15) is 0 Å². The minimum atomic E-state index is -0.545. The molecule has 0 radical (unpaired) electrons. The molecule has 1 unspecified atom stereocenters. The van der Waals surface area contributed by atoms with Gasteiger partial charge in [-0.15, -0.1) is 0 Å². The number of rotatable bonds is 4. The Balaban J connectivity index is 1.66. The highest BCUT2D eigenvalue weighted by Gasteiger charge is 2.21. The summed E-state index contributed by atoms with van der Waals surface area (Å²) in [4.78, 5) is 2.48. The first-order valence-corrected chi connectivity index (χ1v) is 8.07. The number of nitrogens with one attached hydrogen (secondary N) is 1. The van der Waals surface area contributed by atoms with Crippen molar-refractivity contribution in [2.45, 2.75) is 44.7 Å². The average molecular weight is 244 g/mol. The van der Waals surface area contributed by atoms with Crippen molar-refractivity contribution in [1.82, 2.24) is 10.2 Å². The summed E-state index contributed by atoms with van der Waals surface area (Å²) in [6.45, 7) is 5.41. The van der Waals surface area contributed by atoms with Gasteiger partial charge in [-0.05, 0) is 19.8 Å². The van der Waals surface area contributed by atoms with Crippen LogP contribution in [-0.4, -0.2) is 52.3 Å². The summed E-state index contributed by atoms with van der Waals surface area (Å²) in [5.74, 6) is 1.74. The maximum Gasteiger partial charge on any atom is 0.0363 e. The average Bonchev–Trinajstić information content (AvgIpc) is 2.80. The fourth-order valence-corrected chi connectivity index (χ4v) is 3.77. The van der Waals surface area contributed by atoms with Gasteiger partial charge >= 0.3 is 0 Å². The van der Waals surface area contributed by atoms with Crippen molar-refractivity contribution in [1.29, 1.82) is 0 Å². The van der Waals surface area contributed by atoms with Crippen molar-refractivity contribution in [3.05, 3.63) is 0 Å². The molecule has 1 heterocycles. The van der Waals surface area contributed by atoms with E-state index in [0.717, 1.165) is 37.2 Å². The van der Waals surface area contributed by atoms with Gasteiger partial charge in [-0.25, -0.2) is 0 Å². The summed E-state index contributed by atoms with van der Waals surface area (Å²) in [5.41, 5.74) is 0. The fraction of sp³-hybridized carbons (Fsp3) is 1.00. The molecule has 2 fully saturated rings. The first-order chi connectivity index (χ1) is 7.75. The maximum absolute atomic E-state index is 11.3. The lowest BCUT2D eigenvalue weighted by Gasteiger charge is -2.32. The third kappa shape index (κ3) is 3.54. The number of hydrogen-bond donors (Lipinski definition) is 1. The zero-order valence-electron chi connectivity index (χ0n) is 10.3. The van der Waals surface area contributed by atoms with Crippen molar-refractivity contribution in [2.24, 2.45) is 0 Å². The molecule has 2 rings (SSSR count). The van der Waals surface area contributed by atoms with Gasteiger partial charge in [0.05, 0.1) is 0 Å². The molecule has 1 N–H and O–H groups in total. The van der Waals surface area contributed by atoms with Crippen LogP contribution >= 0.6 is 0 Å². The Hall–Kier alpha value is 0.0700. The molecule has 2 aliphatic rings. The van der Waals surface area contributed by atoms with E-state index in [1.54, 1.807) is 0 Å². The van der Waals surface area contributed by atoms with Gasteiger partial charge in [0.2, 0.25) is 0 Å². The van der Waals surface area contributed by atoms with Gasteiger partial charge in [-0.1, -0.05) is 12.8 Å². The summed E-state index contributed by atoms with van der Waals surface area (Å²) in [7, 11) is -0.545. The van der Waals surface area contributed by atoms with Crippen LogP contribution in [0.3, 0.4) is 0 Å². The Kier molecular flexibility index (Phi) is 4.79. The molecule has 0 aromatic carbocycles. The minimum Gasteiger partial charge on any atom is -0.312 e. The SMILES string of the molecule is CC(CNC1CCCC1)N1CCS(=O)CC1. The molecule has 1 atom stereocenters. The second-order valence-electron chi connectivity index (χ2n) is 5.12. The summed E-state index contributed by atoms with van der Waals surface area (Å²) in [6.07, 6.45) is 5.51. The Labute approximate surface area is 101 Å². The highest BCUT2D eigenvalue weighted by atomic mass is 32.2. The largest absolute Gasteiger partial charge is 0.312 e. The summed E-state index contributed by atoms with van der Waals surface area (Å²) in [6, 6.07) is 1.36. The second kappa shape index (κ2) is 6.12. The van der Waals surface area contributed by atoms with E-state index >= 15 is 0 Å². The lowest BCUT2D eigenvalue weighted by molar-refractivity contribution is 0.218. The van der Waals surface area contributed by atoms with Crippen LogP contribution in [0.25, 0.3) is 0 Å². The van der Waals surface area contributed by atoms with Crippen LogP contribution in [0.15, 0.2) is 0 Å². The second-order valence-corrected chi connectivity index (χ2v) is 6.82. The topological polar surface area (TPSA) is 32.3 Å². The molecule has 1 aliphatic carbocycles. The first-order valence-electron chi connectivity index (χ1n) is 6.58. The third-order valence-electron chi connectivity index (χ3n) is 3.89. The van der Waals surface area contributed by atoms with Crippen LogP contribution in [0.4, 0.5) is 0 Å². The molecule has 0 spiro atoms. The Bertz CT molecular complexity index is 231. The van der Waals surface area contributed by atoms with Gasteiger partial charge in [-0.3, -0.25) is 9.11 Å². The van der Waals surface area contributed by atoms with Gasteiger partial charge < -0.3 is 5.32 Å². The fourth-order valence-electron chi connectivity index (χ4n) is 2.69. The molecule has 4 heteroatoms. The zero-order chi connectivity index (χ0) is 11.4. The Morgan fingerprint density at radius 1 is 1.31 bits per heavy atom. The van der Waals surface area contributed by atoms with Gasteiger partial charge in [0.15, 0.2) is 0 Å². The van der Waals surface area contributed by atoms with Crippen LogP contribution in [0.5, 0.6) is 0 Å². The minimum absolute atomic E-state index is 0.545. The van der Waals surface area contributed by atoms with Gasteiger partial charge in [0.25, 0.3) is 0 Å². The lowest BCUT2D eigenvalue weighted by Crippen LogP contribution is -2.48. The van der Waals surface area contributed by atoms with Crippen molar-refractivity contribution in [3.63, 3.8) is 0 Å². The highest BCUT2D eigenvalue weighted by Crippen LogP contribution is 2.17. The Morgan fingerprint density at radius 3 is 2.56 bits per heavy atom. The van der Waals surface area contributed by atoms with E-state index in [9.17, 15) is 4.21 Å². The summed E-state index contributed by atoms with van der Waals surface area (Å²) >= 11 is 0. The molecule has 94 valence electrons. The molecule has 0 amide bonds. The number of nitrogens with zero attached hydrogens (tertiary/aromatic N) is 1. The standard InChI is InChI=1S/C12H24N2OS/c1-11(10-13-12-4-2-3-5-12)14-6-8-16(15)9-7-14/h11-13H,2-10H2,1H3. The van der Waals surface area contributed by atoms with Crippen molar-refractivity contribution < 1.29 is 4.21 Å². The highest BCUT2D eigenvalue weighted by molar-refractivity contribution is 7.85. The maximum atomic E-state index is 11.3. The van der Waals surface area contributed by atoms with Crippen LogP contribution < -0.4 is 5.32 Å². The third-order valence-corrected chi connectivity index (χ3v) is 5.17. The molecule has 1 saturated heterocycles. The van der Waals surface area contributed by atoms with E-state index in [1.807, 2.05) is 0 Å². The molecular weight excluding hydrogens is 220 g/mol. The van der Waals surface area contributed by atoms with Crippen molar-refractivity contribution in [3.8, 4) is 0 Å². The van der Waals surface area contributed by atoms with Crippen molar-refractivity contribution >= 4 is 10.8 Å². The van der Waals surface area contributed by atoms with Gasteiger partial charge in [0.1, 0.15) is 0 Å². The Morgan fingerprint density at radius 2 is 1.94 bits per heavy atom. The van der Waals surface area contributed by atoms with E-state index in [0.29, 0.717) is 6.04 Å². The molecule has 1 saturated carbocycles. The van der Waals surface area contributed by atoms with E-state index in [1.165, 1.54) is 25.7 Å². The van der Waals surface area contributed by atoms with Crippen molar-refractivity contribution in [2.75, 3.05) is 31.1 Å². The summed E-state index contributed by atoms with van der Waals surface area (Å²) in [5, 5.41) is 3.67. The molecule has 0 aromatic heterocycles. The van der Waals surface area contributed by atoms with E-state index in [2.05, 4.69) is 17.1 Å². The van der Waals surface area contributed by atoms with Gasteiger partial charge in [0, 0.05) is 54.0 Å². The molecular formula is C12H24N2OS. The molecule has 1 aliphatic heterocycles. The normalized spacial score (nSPS) is 27.3. The monoisotopic (exact) mass is 244 g/mol. The summed E-state index contributed by atoms with van der Waals surface area (Å²) < 4.78 is 11.3. The van der Waals surface area contributed by atoms with E-state index < -0.39 is 10.8 Å². The molecule has 3 nitrogen and oxygen atoms in total. The first kappa shape index (κ1) is 12.5. The predicted octanol–water partition coefficient (Wildman–Crippen LogP) is 0.971. The van der Waals surface area contributed by atoms with E-state index in [4.69, 9.17) is 0 Å². The lowest BCUT2D eigenvalue weighted by atomic mass is 10.2. The van der Waals surface area contributed by atoms with Crippen LogP contribution in [0, 0.1) is 0 Å². The zero-order valence-corrected chi connectivity index (χ0v) is 11.1.